The van der Waals surface area contributed by atoms with Crippen molar-refractivity contribution in [2.45, 2.75) is 31.2 Å². The van der Waals surface area contributed by atoms with E-state index >= 15 is 0 Å². The van der Waals surface area contributed by atoms with Crippen LogP contribution in [0.5, 0.6) is 0 Å². The number of hydrogen-bond donors (Lipinski definition) is 1. The van der Waals surface area contributed by atoms with Gasteiger partial charge in [0.25, 0.3) is 0 Å². The lowest BCUT2D eigenvalue weighted by molar-refractivity contribution is -0.133. The van der Waals surface area contributed by atoms with Crippen molar-refractivity contribution in [3.63, 3.8) is 0 Å². The molecule has 1 fully saturated rings. The first-order chi connectivity index (χ1) is 11.3. The summed E-state index contributed by atoms with van der Waals surface area (Å²) in [6.45, 7) is 5.16. The Balaban J connectivity index is 0.00000312. The number of thiophene rings is 1. The first kappa shape index (κ1) is 22.7. The Bertz CT molecular complexity index is 685. The fourth-order valence-electron chi connectivity index (χ4n) is 2.75. The quantitative estimate of drug-likeness (QED) is 0.746. The van der Waals surface area contributed by atoms with Crippen LogP contribution in [-0.4, -0.2) is 67.8 Å². The maximum Gasteiger partial charge on any atom is 0.244 e. The molecule has 0 bridgehead atoms. The predicted octanol–water partition coefficient (Wildman–Crippen LogP) is 1.70. The van der Waals surface area contributed by atoms with Crippen LogP contribution in [0.1, 0.15) is 16.2 Å². The average Bonchev–Trinajstić information content (AvgIpc) is 2.91. The minimum Gasteiger partial charge on any atom is -0.339 e. The van der Waals surface area contributed by atoms with Crippen LogP contribution in [0.2, 0.25) is 0 Å². The normalized spacial score (nSPS) is 17.2. The number of carbonyl (C=O) groups excluding carboxylic acids is 1. The van der Waals surface area contributed by atoms with Gasteiger partial charge in [-0.15, -0.1) is 23.7 Å². The smallest absolute Gasteiger partial charge is 0.244 e. The number of amides is 1. The summed E-state index contributed by atoms with van der Waals surface area (Å²) >= 11 is 3.15. The van der Waals surface area contributed by atoms with Crippen molar-refractivity contribution >= 4 is 51.4 Å². The molecule has 1 aliphatic rings. The maximum absolute atomic E-state index is 12.8. The summed E-state index contributed by atoms with van der Waals surface area (Å²) in [6, 6.07) is 1.23. The minimum atomic E-state index is -3.48. The monoisotopic (exact) mass is 427 g/mol. The van der Waals surface area contributed by atoms with Crippen molar-refractivity contribution in [2.75, 3.05) is 38.2 Å². The number of thioether (sulfide) groups is 1. The van der Waals surface area contributed by atoms with Gasteiger partial charge in [-0.25, -0.2) is 8.42 Å². The van der Waals surface area contributed by atoms with Gasteiger partial charge in [0.1, 0.15) is 0 Å². The van der Waals surface area contributed by atoms with Crippen LogP contribution < -0.4 is 5.73 Å². The van der Waals surface area contributed by atoms with Crippen LogP contribution >= 0.6 is 35.5 Å². The molecule has 1 aliphatic heterocycles. The molecule has 6 nitrogen and oxygen atoms in total. The fraction of sp³-hybridized carbons (Fsp3) is 0.667. The lowest BCUT2D eigenvalue weighted by Gasteiger charge is -2.35. The number of aryl methyl sites for hydroxylation is 2. The molecule has 0 aromatic carbocycles. The Labute approximate surface area is 164 Å². The van der Waals surface area contributed by atoms with E-state index < -0.39 is 16.1 Å². The molecule has 0 saturated carbocycles. The molecule has 1 saturated heterocycles. The number of piperazine rings is 1. The highest BCUT2D eigenvalue weighted by Crippen LogP contribution is 2.28. The molecule has 1 atom stereocenters. The van der Waals surface area contributed by atoms with E-state index in [1.807, 2.05) is 20.1 Å². The first-order valence-corrected chi connectivity index (χ1v) is 11.5. The van der Waals surface area contributed by atoms with Crippen molar-refractivity contribution in [1.29, 1.82) is 0 Å². The SMILES string of the molecule is CSCC[C@H](N)C(=O)N1CCN(S(=O)(=O)c2cc(C)sc2C)CC1.Cl. The molecule has 1 aromatic heterocycles. The molecule has 25 heavy (non-hydrogen) atoms. The zero-order chi connectivity index (χ0) is 17.9. The van der Waals surface area contributed by atoms with E-state index in [-0.39, 0.29) is 18.3 Å². The molecule has 2 rings (SSSR count). The van der Waals surface area contributed by atoms with E-state index in [1.165, 1.54) is 15.6 Å². The number of hydrogen-bond acceptors (Lipinski definition) is 6. The van der Waals surface area contributed by atoms with E-state index in [2.05, 4.69) is 0 Å². The molecule has 0 unspecified atom stereocenters. The number of carbonyl (C=O) groups is 1. The maximum atomic E-state index is 12.8. The third-order valence-corrected chi connectivity index (χ3v) is 7.88. The molecule has 1 amide bonds. The number of rotatable bonds is 6. The summed E-state index contributed by atoms with van der Waals surface area (Å²) in [4.78, 5) is 16.2. The molecule has 0 radical (unpaired) electrons. The van der Waals surface area contributed by atoms with Crippen LogP contribution in [0, 0.1) is 13.8 Å². The molecular formula is C15H26ClN3O3S3. The Kier molecular flexibility index (Phi) is 8.70. The number of sulfonamides is 1. The Morgan fingerprint density at radius 2 is 1.92 bits per heavy atom. The van der Waals surface area contributed by atoms with Crippen LogP contribution in [0.25, 0.3) is 0 Å². The second-order valence-corrected chi connectivity index (χ2v) is 10.2. The minimum absolute atomic E-state index is 0. The van der Waals surface area contributed by atoms with Crippen molar-refractivity contribution < 1.29 is 13.2 Å². The molecule has 144 valence electrons. The summed E-state index contributed by atoms with van der Waals surface area (Å²) in [7, 11) is -3.48. The van der Waals surface area contributed by atoms with Gasteiger partial charge in [0.2, 0.25) is 15.9 Å². The molecule has 10 heteroatoms. The zero-order valence-electron chi connectivity index (χ0n) is 14.7. The van der Waals surface area contributed by atoms with Gasteiger partial charge in [-0.2, -0.15) is 16.1 Å². The molecule has 0 spiro atoms. The van der Waals surface area contributed by atoms with Crippen LogP contribution in [0.15, 0.2) is 11.0 Å². The van der Waals surface area contributed by atoms with Gasteiger partial charge in [-0.3, -0.25) is 4.79 Å². The summed E-state index contributed by atoms with van der Waals surface area (Å²) in [6.07, 6.45) is 2.63. The number of halogens is 1. The van der Waals surface area contributed by atoms with Crippen molar-refractivity contribution in [3.05, 3.63) is 15.8 Å². The van der Waals surface area contributed by atoms with E-state index in [9.17, 15) is 13.2 Å². The van der Waals surface area contributed by atoms with Crippen molar-refractivity contribution in [1.82, 2.24) is 9.21 Å². The van der Waals surface area contributed by atoms with Gasteiger partial charge >= 0.3 is 0 Å². The van der Waals surface area contributed by atoms with E-state index in [0.717, 1.165) is 15.5 Å². The second-order valence-electron chi connectivity index (χ2n) is 5.89. The van der Waals surface area contributed by atoms with E-state index in [1.54, 1.807) is 22.7 Å². The molecular weight excluding hydrogens is 402 g/mol. The molecule has 2 heterocycles. The van der Waals surface area contributed by atoms with E-state index in [0.29, 0.717) is 37.5 Å². The first-order valence-electron chi connectivity index (χ1n) is 7.88. The predicted molar refractivity (Wildman–Crippen MR) is 107 cm³/mol. The Hall–Kier alpha value is -0.320. The molecule has 0 aliphatic carbocycles. The van der Waals surface area contributed by atoms with Crippen molar-refractivity contribution in [3.8, 4) is 0 Å². The summed E-state index contributed by atoms with van der Waals surface area (Å²) in [5.74, 6) is 0.765. The van der Waals surface area contributed by atoms with Crippen LogP contribution in [0.4, 0.5) is 0 Å². The average molecular weight is 428 g/mol. The highest BCUT2D eigenvalue weighted by molar-refractivity contribution is 7.98. The Morgan fingerprint density at radius 1 is 1.32 bits per heavy atom. The summed E-state index contributed by atoms with van der Waals surface area (Å²) < 4.78 is 27.0. The number of nitrogens with zero attached hydrogens (tertiary/aromatic N) is 2. The topological polar surface area (TPSA) is 83.7 Å². The standard InChI is InChI=1S/C15H25N3O3S3.ClH/c1-11-10-14(12(2)23-11)24(20,21)18-7-5-17(6-8-18)15(19)13(16)4-9-22-3;/h10,13H,4-9,16H2,1-3H3;1H/t13-;/m0./s1. The van der Waals surface area contributed by atoms with Gasteiger partial charge in [0.15, 0.2) is 0 Å². The second kappa shape index (κ2) is 9.57. The lowest BCUT2D eigenvalue weighted by Crippen LogP contribution is -2.54. The number of nitrogens with two attached hydrogens (primary N) is 1. The van der Waals surface area contributed by atoms with Gasteiger partial charge in [0, 0.05) is 35.9 Å². The van der Waals surface area contributed by atoms with E-state index in [4.69, 9.17) is 5.73 Å². The summed E-state index contributed by atoms with van der Waals surface area (Å²) in [5.41, 5.74) is 5.93. The lowest BCUT2D eigenvalue weighted by atomic mass is 10.2. The third kappa shape index (κ3) is 5.33. The highest BCUT2D eigenvalue weighted by atomic mass is 35.5. The summed E-state index contributed by atoms with van der Waals surface area (Å²) in [5, 5.41) is 0. The molecule has 1 aromatic rings. The van der Waals surface area contributed by atoms with Gasteiger partial charge in [0.05, 0.1) is 10.9 Å². The van der Waals surface area contributed by atoms with Crippen LogP contribution in [0.3, 0.4) is 0 Å². The zero-order valence-corrected chi connectivity index (χ0v) is 18.0. The fourth-order valence-corrected chi connectivity index (χ4v) is 6.19. The Morgan fingerprint density at radius 3 is 2.40 bits per heavy atom. The van der Waals surface area contributed by atoms with Crippen LogP contribution in [-0.2, 0) is 14.8 Å². The third-order valence-electron chi connectivity index (χ3n) is 4.11. The highest BCUT2D eigenvalue weighted by Gasteiger charge is 2.32. The van der Waals surface area contributed by atoms with Gasteiger partial charge in [-0.1, -0.05) is 0 Å². The largest absolute Gasteiger partial charge is 0.339 e. The molecule has 2 N–H and O–H groups in total. The van der Waals surface area contributed by atoms with Crippen molar-refractivity contribution in [2.24, 2.45) is 5.73 Å². The van der Waals surface area contributed by atoms with Gasteiger partial charge in [-0.05, 0) is 38.3 Å². The van der Waals surface area contributed by atoms with Gasteiger partial charge < -0.3 is 10.6 Å².